The van der Waals surface area contributed by atoms with E-state index in [0.29, 0.717) is 28.1 Å². The minimum atomic E-state index is -0.436. The summed E-state index contributed by atoms with van der Waals surface area (Å²) in [7, 11) is 3.04. The molecule has 1 aliphatic carbocycles. The minimum absolute atomic E-state index is 0.0831. The highest BCUT2D eigenvalue weighted by Gasteiger charge is 2.36. The molecule has 2 amide bonds. The molecule has 0 unspecified atom stereocenters. The van der Waals surface area contributed by atoms with Gasteiger partial charge in [-0.1, -0.05) is 31.4 Å². The number of hydrogen-bond acceptors (Lipinski definition) is 5. The SMILES string of the molecule is Cn1c(=O)c2c(nc3n(C4CCCCC4)c(CN4C(=O)c5ccccc5C4=O)cn23)n(C)c1=O. The zero-order chi connectivity index (χ0) is 23.7. The van der Waals surface area contributed by atoms with Crippen LogP contribution in [0.1, 0.15) is 64.6 Å². The first-order valence-corrected chi connectivity index (χ1v) is 11.5. The van der Waals surface area contributed by atoms with Crippen molar-refractivity contribution in [1.82, 2.24) is 28.0 Å². The van der Waals surface area contributed by atoms with Gasteiger partial charge in [0.2, 0.25) is 5.78 Å². The van der Waals surface area contributed by atoms with Crippen LogP contribution in [0.4, 0.5) is 0 Å². The molecule has 0 N–H and O–H groups in total. The Morgan fingerprint density at radius 3 is 2.21 bits per heavy atom. The molecule has 1 fully saturated rings. The third kappa shape index (κ3) is 2.71. The highest BCUT2D eigenvalue weighted by atomic mass is 16.2. The van der Waals surface area contributed by atoms with Gasteiger partial charge in [-0.25, -0.2) is 4.79 Å². The number of amides is 2. The Morgan fingerprint density at radius 2 is 1.56 bits per heavy atom. The molecule has 1 saturated carbocycles. The molecule has 4 aromatic rings. The third-order valence-electron chi connectivity index (χ3n) is 7.21. The molecular weight excluding hydrogens is 436 g/mol. The van der Waals surface area contributed by atoms with E-state index >= 15 is 0 Å². The van der Waals surface area contributed by atoms with E-state index in [9.17, 15) is 19.2 Å². The van der Waals surface area contributed by atoms with Crippen LogP contribution in [0.15, 0.2) is 40.1 Å². The predicted molar refractivity (Wildman–Crippen MR) is 124 cm³/mol. The number of aromatic nitrogens is 5. The van der Waals surface area contributed by atoms with E-state index in [1.807, 2.05) is 0 Å². The lowest BCUT2D eigenvalue weighted by Gasteiger charge is -2.26. The molecule has 0 bridgehead atoms. The second-order valence-corrected chi connectivity index (χ2v) is 9.18. The summed E-state index contributed by atoms with van der Waals surface area (Å²) in [6, 6.07) is 6.96. The van der Waals surface area contributed by atoms with Crippen molar-refractivity contribution < 1.29 is 9.59 Å². The van der Waals surface area contributed by atoms with Crippen LogP contribution < -0.4 is 11.2 Å². The van der Waals surface area contributed by atoms with Crippen molar-refractivity contribution in [2.24, 2.45) is 14.1 Å². The van der Waals surface area contributed by atoms with Crippen molar-refractivity contribution in [2.45, 2.75) is 44.7 Å². The summed E-state index contributed by atoms with van der Waals surface area (Å²) in [5.74, 6) is -0.0950. The highest BCUT2D eigenvalue weighted by molar-refractivity contribution is 6.21. The van der Waals surface area contributed by atoms with E-state index < -0.39 is 11.2 Å². The molecule has 10 nitrogen and oxygen atoms in total. The quantitative estimate of drug-likeness (QED) is 0.435. The summed E-state index contributed by atoms with van der Waals surface area (Å²) in [6.07, 6.45) is 6.98. The Kier molecular flexibility index (Phi) is 4.42. The fourth-order valence-electron chi connectivity index (χ4n) is 5.43. The summed E-state index contributed by atoms with van der Waals surface area (Å²) < 4.78 is 6.21. The van der Waals surface area contributed by atoms with E-state index in [4.69, 9.17) is 4.98 Å². The van der Waals surface area contributed by atoms with Crippen molar-refractivity contribution in [3.63, 3.8) is 0 Å². The summed E-state index contributed by atoms with van der Waals surface area (Å²) in [6.45, 7) is 0.0831. The first kappa shape index (κ1) is 20.6. The minimum Gasteiger partial charge on any atom is -0.309 e. The molecule has 1 aliphatic heterocycles. The number of carbonyl (C=O) groups excluding carboxylic acids is 2. The lowest BCUT2D eigenvalue weighted by Crippen LogP contribution is -2.37. The van der Waals surface area contributed by atoms with Gasteiger partial charge in [-0.05, 0) is 25.0 Å². The van der Waals surface area contributed by atoms with Gasteiger partial charge in [-0.15, -0.1) is 0 Å². The maximum atomic E-state index is 13.0. The predicted octanol–water partition coefficient (Wildman–Crippen LogP) is 1.99. The number of fused-ring (bicyclic) bond motifs is 4. The van der Waals surface area contributed by atoms with Gasteiger partial charge in [0.1, 0.15) is 0 Å². The van der Waals surface area contributed by atoms with Gasteiger partial charge in [0.15, 0.2) is 11.2 Å². The molecule has 0 radical (unpaired) electrons. The Bertz CT molecular complexity index is 1590. The highest BCUT2D eigenvalue weighted by Crippen LogP contribution is 2.33. The van der Waals surface area contributed by atoms with Crippen LogP contribution in [0.3, 0.4) is 0 Å². The van der Waals surface area contributed by atoms with E-state index in [2.05, 4.69) is 4.57 Å². The van der Waals surface area contributed by atoms with E-state index in [-0.39, 0.29) is 24.4 Å². The molecule has 0 saturated heterocycles. The Balaban J connectivity index is 1.56. The zero-order valence-electron chi connectivity index (χ0n) is 19.0. The van der Waals surface area contributed by atoms with Crippen molar-refractivity contribution in [1.29, 1.82) is 0 Å². The third-order valence-corrected chi connectivity index (χ3v) is 7.21. The summed E-state index contributed by atoms with van der Waals surface area (Å²) in [5, 5.41) is 0. The van der Waals surface area contributed by atoms with Crippen LogP contribution in [0.5, 0.6) is 0 Å². The van der Waals surface area contributed by atoms with E-state index in [1.165, 1.54) is 16.5 Å². The van der Waals surface area contributed by atoms with Crippen molar-refractivity contribution in [2.75, 3.05) is 0 Å². The molecule has 0 atom stereocenters. The van der Waals surface area contributed by atoms with Crippen LogP contribution in [-0.2, 0) is 20.6 Å². The van der Waals surface area contributed by atoms with Crippen LogP contribution >= 0.6 is 0 Å². The standard InChI is InChI=1S/C24H24N6O4/c1-26-19-18(22(33)27(2)24(26)34)28-12-15(30(23(28)25-19)14-8-4-3-5-9-14)13-29-20(31)16-10-6-7-11-17(16)21(29)32/h6-7,10-12,14H,3-5,8-9,13H2,1-2H3. The molecular formula is C24H24N6O4. The molecule has 10 heteroatoms. The maximum absolute atomic E-state index is 13.0. The molecule has 6 rings (SSSR count). The van der Waals surface area contributed by atoms with Gasteiger partial charge in [0, 0.05) is 26.3 Å². The summed E-state index contributed by atoms with van der Waals surface area (Å²) >= 11 is 0. The van der Waals surface area contributed by atoms with E-state index in [0.717, 1.165) is 42.4 Å². The van der Waals surface area contributed by atoms with Gasteiger partial charge >= 0.3 is 5.69 Å². The summed E-state index contributed by atoms with van der Waals surface area (Å²) in [5.41, 5.74) is 1.30. The first-order valence-electron chi connectivity index (χ1n) is 11.5. The number of nitrogens with zero attached hydrogens (tertiary/aromatic N) is 6. The maximum Gasteiger partial charge on any atom is 0.332 e. The molecule has 3 aromatic heterocycles. The number of imidazole rings is 2. The monoisotopic (exact) mass is 460 g/mol. The Hall–Kier alpha value is -3.95. The smallest absolute Gasteiger partial charge is 0.309 e. The first-order chi connectivity index (χ1) is 16.4. The number of carbonyl (C=O) groups is 2. The van der Waals surface area contributed by atoms with Crippen molar-refractivity contribution in [3.05, 3.63) is 68.1 Å². The van der Waals surface area contributed by atoms with Gasteiger partial charge < -0.3 is 4.57 Å². The number of aryl methyl sites for hydroxylation is 1. The van der Waals surface area contributed by atoms with Gasteiger partial charge in [-0.2, -0.15) is 4.98 Å². The molecule has 2 aliphatic rings. The van der Waals surface area contributed by atoms with Crippen LogP contribution in [0.25, 0.3) is 16.9 Å². The van der Waals surface area contributed by atoms with Crippen LogP contribution in [0, 0.1) is 0 Å². The van der Waals surface area contributed by atoms with Crippen molar-refractivity contribution >= 4 is 28.8 Å². The molecule has 4 heterocycles. The van der Waals surface area contributed by atoms with E-state index in [1.54, 1.807) is 41.9 Å². The Labute approximate surface area is 193 Å². The molecule has 174 valence electrons. The largest absolute Gasteiger partial charge is 0.332 e. The second-order valence-electron chi connectivity index (χ2n) is 9.18. The number of hydrogen-bond donors (Lipinski definition) is 0. The molecule has 1 aromatic carbocycles. The van der Waals surface area contributed by atoms with Gasteiger partial charge in [-0.3, -0.25) is 32.8 Å². The van der Waals surface area contributed by atoms with Crippen LogP contribution in [0.2, 0.25) is 0 Å². The van der Waals surface area contributed by atoms with Gasteiger partial charge in [0.05, 0.1) is 23.4 Å². The normalized spacial score (nSPS) is 16.8. The number of imide groups is 1. The topological polar surface area (TPSA) is 104 Å². The fourth-order valence-corrected chi connectivity index (χ4v) is 5.43. The van der Waals surface area contributed by atoms with Crippen LogP contribution in [-0.4, -0.2) is 39.8 Å². The number of benzene rings is 1. The number of rotatable bonds is 3. The van der Waals surface area contributed by atoms with Crippen molar-refractivity contribution in [3.8, 4) is 0 Å². The molecule has 34 heavy (non-hydrogen) atoms. The average Bonchev–Trinajstić information content (AvgIpc) is 3.47. The average molecular weight is 460 g/mol. The van der Waals surface area contributed by atoms with Gasteiger partial charge in [0.25, 0.3) is 17.4 Å². The summed E-state index contributed by atoms with van der Waals surface area (Å²) in [4.78, 5) is 57.5. The zero-order valence-corrected chi connectivity index (χ0v) is 19.0. The molecule has 0 spiro atoms. The lowest BCUT2D eigenvalue weighted by atomic mass is 9.95. The second kappa shape index (κ2) is 7.28. The Morgan fingerprint density at radius 1 is 0.912 bits per heavy atom. The lowest BCUT2D eigenvalue weighted by molar-refractivity contribution is 0.0637. The fraction of sp³-hybridized carbons (Fsp3) is 0.375.